The second kappa shape index (κ2) is 15.6. The average Bonchev–Trinajstić information content (AvgIpc) is 3.62. The fourth-order valence-electron chi connectivity index (χ4n) is 13.4. The molecular weight excluding hydrogens is 698 g/mol. The summed E-state index contributed by atoms with van der Waals surface area (Å²) in [6.07, 6.45) is 11.9. The van der Waals surface area contributed by atoms with E-state index in [1.165, 1.54) is 12.5 Å². The van der Waals surface area contributed by atoms with Crippen LogP contribution in [0, 0.1) is 56.7 Å². The lowest BCUT2D eigenvalue weighted by Gasteiger charge is -2.71. The van der Waals surface area contributed by atoms with Gasteiger partial charge in [-0.1, -0.05) is 73.0 Å². The van der Waals surface area contributed by atoms with Gasteiger partial charge in [0.15, 0.2) is 0 Å². The Morgan fingerprint density at radius 1 is 0.964 bits per heavy atom. The van der Waals surface area contributed by atoms with Crippen LogP contribution in [0.4, 0.5) is 4.79 Å². The van der Waals surface area contributed by atoms with Crippen molar-refractivity contribution >= 4 is 23.9 Å². The molecule has 2 amide bonds. The predicted molar refractivity (Wildman–Crippen MR) is 210 cm³/mol. The number of rotatable bonds is 12. The highest BCUT2D eigenvalue weighted by Crippen LogP contribution is 2.75. The molecule has 1 heterocycles. The normalized spacial score (nSPS) is 40.8. The number of ether oxygens (including phenoxy) is 3. The van der Waals surface area contributed by atoms with Crippen LogP contribution in [0.15, 0.2) is 11.6 Å². The van der Waals surface area contributed by atoms with E-state index in [9.17, 15) is 24.3 Å². The van der Waals surface area contributed by atoms with Crippen molar-refractivity contribution in [2.45, 2.75) is 163 Å². The smallest absolute Gasteiger partial charge is 0.323 e. The molecule has 1 aliphatic heterocycles. The van der Waals surface area contributed by atoms with Gasteiger partial charge in [0.1, 0.15) is 18.2 Å². The molecule has 0 spiro atoms. The molecule has 0 radical (unpaired) electrons. The molecule has 55 heavy (non-hydrogen) atoms. The van der Waals surface area contributed by atoms with Gasteiger partial charge in [0.05, 0.1) is 19.1 Å². The third-order valence-corrected chi connectivity index (χ3v) is 16.9. The lowest BCUT2D eigenvalue weighted by atomic mass is 9.34. The first-order valence-electron chi connectivity index (χ1n) is 21.5. The number of unbranched alkanes of at least 4 members (excludes halogenated alkanes) is 1. The van der Waals surface area contributed by atoms with Gasteiger partial charge < -0.3 is 35.7 Å². The molecule has 310 valence electrons. The molecule has 5 fully saturated rings. The summed E-state index contributed by atoms with van der Waals surface area (Å²) in [6.45, 7) is 18.4. The van der Waals surface area contributed by atoms with Crippen LogP contribution in [0.5, 0.6) is 0 Å². The average molecular weight is 770 g/mol. The van der Waals surface area contributed by atoms with Crippen LogP contribution in [-0.2, 0) is 28.6 Å². The Morgan fingerprint density at radius 3 is 2.33 bits per heavy atom. The molecule has 1 unspecified atom stereocenters. The Bertz CT molecular complexity index is 1510. The molecular formula is C44H71N3O8. The summed E-state index contributed by atoms with van der Waals surface area (Å²) in [7, 11) is 0. The summed E-state index contributed by atoms with van der Waals surface area (Å²) in [5.74, 6) is -1.17. The van der Waals surface area contributed by atoms with E-state index in [0.29, 0.717) is 57.8 Å². The van der Waals surface area contributed by atoms with Gasteiger partial charge in [-0.05, 0) is 111 Å². The first kappa shape index (κ1) is 42.0. The van der Waals surface area contributed by atoms with E-state index in [1.807, 2.05) is 0 Å². The zero-order valence-corrected chi connectivity index (χ0v) is 35.0. The van der Waals surface area contributed by atoms with Crippen molar-refractivity contribution in [2.24, 2.45) is 62.4 Å². The summed E-state index contributed by atoms with van der Waals surface area (Å²) in [5, 5.41) is 17.0. The van der Waals surface area contributed by atoms with Gasteiger partial charge in [0.2, 0.25) is 0 Å². The molecule has 4 saturated carbocycles. The quantitative estimate of drug-likeness (QED) is 0.0916. The number of hydrogen-bond donors (Lipinski definition) is 4. The minimum atomic E-state index is -0.850. The Morgan fingerprint density at radius 2 is 1.67 bits per heavy atom. The van der Waals surface area contributed by atoms with Gasteiger partial charge in [-0.3, -0.25) is 14.4 Å². The molecule has 6 rings (SSSR count). The first-order valence-corrected chi connectivity index (χ1v) is 21.5. The molecule has 11 heteroatoms. The summed E-state index contributed by atoms with van der Waals surface area (Å²) < 4.78 is 19.0. The van der Waals surface area contributed by atoms with E-state index in [-0.39, 0.29) is 40.7 Å². The van der Waals surface area contributed by atoms with Gasteiger partial charge >= 0.3 is 23.9 Å². The number of fused-ring (bicyclic) bond motifs is 3. The van der Waals surface area contributed by atoms with Crippen LogP contribution in [0.1, 0.15) is 139 Å². The number of amides is 2. The molecule has 0 aromatic carbocycles. The zero-order chi connectivity index (χ0) is 40.1. The van der Waals surface area contributed by atoms with Crippen LogP contribution >= 0.6 is 0 Å². The third kappa shape index (κ3) is 7.14. The predicted octanol–water partition coefficient (Wildman–Crippen LogP) is 7.16. The second-order valence-corrected chi connectivity index (χ2v) is 20.0. The van der Waals surface area contributed by atoms with Gasteiger partial charge in [0, 0.05) is 30.3 Å². The number of carboxylic acids is 1. The van der Waals surface area contributed by atoms with E-state index in [4.69, 9.17) is 19.9 Å². The van der Waals surface area contributed by atoms with Crippen LogP contribution in [0.2, 0.25) is 0 Å². The summed E-state index contributed by atoms with van der Waals surface area (Å²) >= 11 is 0. The lowest BCUT2D eigenvalue weighted by Crippen LogP contribution is -2.70. The molecule has 2 bridgehead atoms. The van der Waals surface area contributed by atoms with E-state index >= 15 is 0 Å². The van der Waals surface area contributed by atoms with E-state index in [2.05, 4.69) is 65.2 Å². The molecule has 11 nitrogen and oxygen atoms in total. The molecule has 0 aromatic heterocycles. The third-order valence-electron chi connectivity index (χ3n) is 16.9. The molecule has 5 aliphatic carbocycles. The summed E-state index contributed by atoms with van der Waals surface area (Å²) in [4.78, 5) is 52.1. The standard InChI is InChI=1S/C44H71N3O8/c1-26(2)27(3)40(5)20-21-42(7)30-16-17-34-41(6)24-53-25-44(34,31(30)18-19-43(42,8)35(40)37(49)50)23-33(54-28(4)48)36(41)55-38(51)32(45)15-11-12-22-46-39(52)47-29-13-9-10-14-29/h18,26-27,29-30,32-36H,9-17,19-25,45H2,1-8H3,(H,49,50)(H2,46,47,52)/t27-,30+,32?,33-,34+,35-,36+,40-,41+,42-,43+,44+/m1/s1. The number of nitrogens with two attached hydrogens (primary N) is 1. The number of urea groups is 1. The Kier molecular flexibility index (Phi) is 11.9. The van der Waals surface area contributed by atoms with Crippen LogP contribution in [0.3, 0.4) is 0 Å². The highest BCUT2D eigenvalue weighted by molar-refractivity contribution is 5.76. The Labute approximate surface area is 329 Å². The minimum absolute atomic E-state index is 0.122. The SMILES string of the molecule is CC(=O)O[C@@H]1C[C@@]23COC[C@@](C)([C@@H]2CC[C@H]2C3=CC[C@@]3(C)[C@H](C(=O)O)[C@@](C)([C@H](C)C(C)C)CC[C@]23C)[C@H]1OC(=O)C(N)CCCCNC(=O)NC1CCCC1. The number of carboxylic acid groups (broad SMARTS) is 1. The number of nitrogens with one attached hydrogen (secondary N) is 2. The van der Waals surface area contributed by atoms with Crippen molar-refractivity contribution in [3.63, 3.8) is 0 Å². The van der Waals surface area contributed by atoms with E-state index in [1.54, 1.807) is 0 Å². The van der Waals surface area contributed by atoms with Crippen molar-refractivity contribution in [1.29, 1.82) is 0 Å². The number of carbonyl (C=O) groups excluding carboxylic acids is 3. The van der Waals surface area contributed by atoms with Crippen molar-refractivity contribution in [3.05, 3.63) is 11.6 Å². The number of hydrogen-bond acceptors (Lipinski definition) is 8. The van der Waals surface area contributed by atoms with Crippen molar-refractivity contribution in [2.75, 3.05) is 19.8 Å². The fraction of sp³-hybridized carbons (Fsp3) is 0.864. The second-order valence-electron chi connectivity index (χ2n) is 20.0. The van der Waals surface area contributed by atoms with Gasteiger partial charge in [-0.15, -0.1) is 0 Å². The molecule has 1 saturated heterocycles. The topological polar surface area (TPSA) is 166 Å². The highest BCUT2D eigenvalue weighted by Gasteiger charge is 2.72. The molecule has 12 atom stereocenters. The van der Waals surface area contributed by atoms with Crippen molar-refractivity contribution in [1.82, 2.24) is 10.6 Å². The van der Waals surface area contributed by atoms with E-state index in [0.717, 1.165) is 51.4 Å². The molecule has 6 aliphatic rings. The number of carbonyl (C=O) groups is 4. The summed E-state index contributed by atoms with van der Waals surface area (Å²) in [6, 6.07) is -0.739. The van der Waals surface area contributed by atoms with Gasteiger partial charge in [0.25, 0.3) is 0 Å². The molecule has 0 aromatic rings. The zero-order valence-electron chi connectivity index (χ0n) is 35.0. The maximum absolute atomic E-state index is 13.7. The molecule has 5 N–H and O–H groups in total. The number of allylic oxidation sites excluding steroid dienone is 1. The van der Waals surface area contributed by atoms with Crippen LogP contribution in [0.25, 0.3) is 0 Å². The number of esters is 2. The maximum atomic E-state index is 13.7. The largest absolute Gasteiger partial charge is 0.481 e. The number of aliphatic carboxylic acids is 1. The van der Waals surface area contributed by atoms with Crippen LogP contribution < -0.4 is 16.4 Å². The van der Waals surface area contributed by atoms with Crippen LogP contribution in [-0.4, -0.2) is 73.1 Å². The Hall–Kier alpha value is -2.66. The van der Waals surface area contributed by atoms with E-state index < -0.39 is 58.3 Å². The van der Waals surface area contributed by atoms with Gasteiger partial charge in [-0.25, -0.2) is 4.79 Å². The first-order chi connectivity index (χ1) is 25.8. The lowest BCUT2D eigenvalue weighted by molar-refractivity contribution is -0.263. The minimum Gasteiger partial charge on any atom is -0.481 e. The van der Waals surface area contributed by atoms with Crippen molar-refractivity contribution in [3.8, 4) is 0 Å². The highest BCUT2D eigenvalue weighted by atomic mass is 16.6. The maximum Gasteiger partial charge on any atom is 0.323 e. The Balaban J connectivity index is 1.20. The summed E-state index contributed by atoms with van der Waals surface area (Å²) in [5.41, 5.74) is 5.71. The monoisotopic (exact) mass is 770 g/mol. The van der Waals surface area contributed by atoms with Gasteiger partial charge in [-0.2, -0.15) is 0 Å². The fourth-order valence-corrected chi connectivity index (χ4v) is 13.4. The van der Waals surface area contributed by atoms with Crippen molar-refractivity contribution < 1.29 is 38.5 Å².